The SMILES string of the molecule is O=C(Nc1cccc(I)c1)[C@@H]1CC(=O)N(Cc2ccco2)C1. The Balaban J connectivity index is 1.61. The summed E-state index contributed by atoms with van der Waals surface area (Å²) in [4.78, 5) is 26.0. The Morgan fingerprint density at radius 3 is 2.95 bits per heavy atom. The van der Waals surface area contributed by atoms with Crippen molar-refractivity contribution < 1.29 is 14.0 Å². The zero-order valence-corrected chi connectivity index (χ0v) is 13.9. The Morgan fingerprint density at radius 1 is 1.36 bits per heavy atom. The number of nitrogens with one attached hydrogen (secondary N) is 1. The lowest BCUT2D eigenvalue weighted by Crippen LogP contribution is -2.27. The third kappa shape index (κ3) is 3.49. The van der Waals surface area contributed by atoms with Crippen molar-refractivity contribution in [3.63, 3.8) is 0 Å². The summed E-state index contributed by atoms with van der Waals surface area (Å²) in [6.45, 7) is 0.841. The lowest BCUT2D eigenvalue weighted by atomic mass is 10.1. The van der Waals surface area contributed by atoms with E-state index in [-0.39, 0.29) is 24.2 Å². The number of amides is 2. The van der Waals surface area contributed by atoms with E-state index < -0.39 is 0 Å². The Morgan fingerprint density at radius 2 is 2.23 bits per heavy atom. The molecule has 22 heavy (non-hydrogen) atoms. The number of nitrogens with zero attached hydrogens (tertiary/aromatic N) is 1. The van der Waals surface area contributed by atoms with Crippen LogP contribution < -0.4 is 5.32 Å². The van der Waals surface area contributed by atoms with Gasteiger partial charge in [-0.25, -0.2) is 0 Å². The third-order valence-electron chi connectivity index (χ3n) is 3.60. The van der Waals surface area contributed by atoms with Crippen molar-refractivity contribution in [3.05, 3.63) is 52.0 Å². The Bertz CT molecular complexity index is 684. The number of carbonyl (C=O) groups is 2. The first-order valence-corrected chi connectivity index (χ1v) is 8.06. The second-order valence-electron chi connectivity index (χ2n) is 5.25. The number of halogens is 1. The molecule has 1 aromatic heterocycles. The summed E-state index contributed by atoms with van der Waals surface area (Å²) in [5.41, 5.74) is 0.758. The van der Waals surface area contributed by atoms with Gasteiger partial charge in [0.05, 0.1) is 18.7 Å². The highest BCUT2D eigenvalue weighted by molar-refractivity contribution is 14.1. The molecule has 3 rings (SSSR count). The summed E-state index contributed by atoms with van der Waals surface area (Å²) in [5, 5.41) is 2.88. The molecule has 1 fully saturated rings. The maximum Gasteiger partial charge on any atom is 0.229 e. The van der Waals surface area contributed by atoms with Crippen LogP contribution in [-0.4, -0.2) is 23.3 Å². The standard InChI is InChI=1S/C16H15IN2O3/c17-12-3-1-4-13(8-12)18-16(21)11-7-15(20)19(9-11)10-14-5-2-6-22-14/h1-6,8,11H,7,9-10H2,(H,18,21)/t11-/m1/s1. The number of hydrogen-bond acceptors (Lipinski definition) is 3. The van der Waals surface area contributed by atoms with Gasteiger partial charge in [-0.15, -0.1) is 0 Å². The van der Waals surface area contributed by atoms with Gasteiger partial charge in [-0.05, 0) is 52.9 Å². The smallest absolute Gasteiger partial charge is 0.229 e. The van der Waals surface area contributed by atoms with E-state index in [0.717, 1.165) is 15.0 Å². The predicted molar refractivity (Wildman–Crippen MR) is 90.0 cm³/mol. The summed E-state index contributed by atoms with van der Waals surface area (Å²) >= 11 is 2.19. The first-order chi connectivity index (χ1) is 10.6. The zero-order chi connectivity index (χ0) is 15.5. The minimum absolute atomic E-state index is 0.0146. The average molecular weight is 410 g/mol. The summed E-state index contributed by atoms with van der Waals surface area (Å²) in [6, 6.07) is 11.2. The van der Waals surface area contributed by atoms with Crippen LogP contribution in [0.1, 0.15) is 12.2 Å². The lowest BCUT2D eigenvalue weighted by molar-refractivity contribution is -0.128. The normalized spacial score (nSPS) is 17.8. The topological polar surface area (TPSA) is 62.6 Å². The fourth-order valence-electron chi connectivity index (χ4n) is 2.50. The number of anilines is 1. The molecule has 1 N–H and O–H groups in total. The van der Waals surface area contributed by atoms with Crippen molar-refractivity contribution >= 4 is 40.1 Å². The van der Waals surface area contributed by atoms with Crippen molar-refractivity contribution in [1.82, 2.24) is 4.90 Å². The largest absolute Gasteiger partial charge is 0.467 e. The molecule has 2 heterocycles. The third-order valence-corrected chi connectivity index (χ3v) is 4.28. The van der Waals surface area contributed by atoms with Crippen LogP contribution in [0, 0.1) is 9.49 Å². The Kier molecular flexibility index (Phi) is 4.47. The van der Waals surface area contributed by atoms with Gasteiger partial charge in [-0.1, -0.05) is 6.07 Å². The van der Waals surface area contributed by atoms with Gasteiger partial charge >= 0.3 is 0 Å². The molecule has 6 heteroatoms. The van der Waals surface area contributed by atoms with Crippen LogP contribution in [0.3, 0.4) is 0 Å². The van der Waals surface area contributed by atoms with Crippen LogP contribution in [0.4, 0.5) is 5.69 Å². The molecule has 5 nitrogen and oxygen atoms in total. The number of rotatable bonds is 4. The highest BCUT2D eigenvalue weighted by atomic mass is 127. The molecule has 114 valence electrons. The van der Waals surface area contributed by atoms with Crippen LogP contribution in [0.25, 0.3) is 0 Å². The quantitative estimate of drug-likeness (QED) is 0.789. The summed E-state index contributed by atoms with van der Waals surface area (Å²) in [5.74, 6) is 0.281. The van der Waals surface area contributed by atoms with Gasteiger partial charge < -0.3 is 14.6 Å². The van der Waals surface area contributed by atoms with Gasteiger partial charge in [-0.2, -0.15) is 0 Å². The maximum atomic E-state index is 12.3. The van der Waals surface area contributed by atoms with Gasteiger partial charge in [-0.3, -0.25) is 9.59 Å². The molecule has 1 aromatic carbocycles. The van der Waals surface area contributed by atoms with Crippen LogP contribution in [0.5, 0.6) is 0 Å². The maximum absolute atomic E-state index is 12.3. The van der Waals surface area contributed by atoms with Crippen molar-refractivity contribution in [2.45, 2.75) is 13.0 Å². The van der Waals surface area contributed by atoms with Gasteiger partial charge in [0.25, 0.3) is 0 Å². The van der Waals surface area contributed by atoms with E-state index in [9.17, 15) is 9.59 Å². The van der Waals surface area contributed by atoms with Gasteiger partial charge in [0.15, 0.2) is 0 Å². The van der Waals surface area contributed by atoms with Crippen molar-refractivity contribution in [1.29, 1.82) is 0 Å². The zero-order valence-electron chi connectivity index (χ0n) is 11.8. The van der Waals surface area contributed by atoms with E-state index >= 15 is 0 Å². The van der Waals surface area contributed by atoms with Crippen molar-refractivity contribution in [3.8, 4) is 0 Å². The number of furan rings is 1. The van der Waals surface area contributed by atoms with Gasteiger partial charge in [0.2, 0.25) is 11.8 Å². The molecule has 1 saturated heterocycles. The second-order valence-corrected chi connectivity index (χ2v) is 6.50. The molecule has 2 amide bonds. The van der Waals surface area contributed by atoms with E-state index in [1.807, 2.05) is 30.3 Å². The highest BCUT2D eigenvalue weighted by Gasteiger charge is 2.34. The molecule has 0 radical (unpaired) electrons. The monoisotopic (exact) mass is 410 g/mol. The molecular formula is C16H15IN2O3. The number of likely N-dealkylation sites (tertiary alicyclic amines) is 1. The first kappa shape index (κ1) is 15.1. The van der Waals surface area contributed by atoms with E-state index in [1.165, 1.54) is 0 Å². The van der Waals surface area contributed by atoms with E-state index in [2.05, 4.69) is 27.9 Å². The molecule has 0 unspecified atom stereocenters. The van der Waals surface area contributed by atoms with Crippen LogP contribution in [0.2, 0.25) is 0 Å². The number of hydrogen-bond donors (Lipinski definition) is 1. The lowest BCUT2D eigenvalue weighted by Gasteiger charge is -2.15. The van der Waals surface area contributed by atoms with Crippen LogP contribution in [0.15, 0.2) is 47.1 Å². The van der Waals surface area contributed by atoms with Gasteiger partial charge in [0.1, 0.15) is 5.76 Å². The van der Waals surface area contributed by atoms with E-state index in [1.54, 1.807) is 17.2 Å². The van der Waals surface area contributed by atoms with E-state index in [0.29, 0.717) is 13.1 Å². The number of carbonyl (C=O) groups excluding carboxylic acids is 2. The van der Waals surface area contributed by atoms with E-state index in [4.69, 9.17) is 4.42 Å². The van der Waals surface area contributed by atoms with Crippen molar-refractivity contribution in [2.75, 3.05) is 11.9 Å². The molecule has 0 aliphatic carbocycles. The van der Waals surface area contributed by atoms with Gasteiger partial charge in [0, 0.05) is 22.2 Å². The summed E-state index contributed by atoms with van der Waals surface area (Å²) in [7, 11) is 0. The molecule has 2 aromatic rings. The average Bonchev–Trinajstić information content (AvgIpc) is 3.10. The summed E-state index contributed by atoms with van der Waals surface area (Å²) in [6.07, 6.45) is 1.83. The molecule has 0 spiro atoms. The van der Waals surface area contributed by atoms with Crippen molar-refractivity contribution in [2.24, 2.45) is 5.92 Å². The fourth-order valence-corrected chi connectivity index (χ4v) is 3.04. The van der Waals surface area contributed by atoms with Crippen LogP contribution >= 0.6 is 22.6 Å². The fraction of sp³-hybridized carbons (Fsp3) is 0.250. The Labute approximate surface area is 141 Å². The molecule has 1 aliphatic rings. The first-order valence-electron chi connectivity index (χ1n) is 6.98. The second kappa shape index (κ2) is 6.51. The van der Waals surface area contributed by atoms with Crippen LogP contribution in [-0.2, 0) is 16.1 Å². The summed E-state index contributed by atoms with van der Waals surface area (Å²) < 4.78 is 6.31. The molecule has 0 bridgehead atoms. The highest BCUT2D eigenvalue weighted by Crippen LogP contribution is 2.22. The minimum Gasteiger partial charge on any atom is -0.467 e. The minimum atomic E-state index is -0.319. The molecular weight excluding hydrogens is 395 g/mol. The number of benzene rings is 1. The molecule has 1 aliphatic heterocycles. The predicted octanol–water partition coefficient (Wildman–Crippen LogP) is 2.87. The molecule has 0 saturated carbocycles. The Hall–Kier alpha value is -1.83. The molecule has 1 atom stereocenters.